The van der Waals surface area contributed by atoms with E-state index < -0.39 is 0 Å². The maximum Gasteiger partial charge on any atom is 0.252 e. The molecule has 5 nitrogen and oxygen atoms in total. The van der Waals surface area contributed by atoms with E-state index in [1.807, 2.05) is 13.8 Å². The van der Waals surface area contributed by atoms with Crippen LogP contribution in [0.4, 0.5) is 5.69 Å². The Balaban J connectivity index is 1.98. The molecule has 1 aliphatic heterocycles. The fourth-order valence-electron chi connectivity index (χ4n) is 2.49. The van der Waals surface area contributed by atoms with Gasteiger partial charge >= 0.3 is 0 Å². The molecule has 3 N–H and O–H groups in total. The van der Waals surface area contributed by atoms with E-state index in [9.17, 15) is 9.59 Å². The van der Waals surface area contributed by atoms with Gasteiger partial charge in [-0.1, -0.05) is 25.4 Å². The monoisotopic (exact) mass is 337 g/mol. The van der Waals surface area contributed by atoms with E-state index in [0.29, 0.717) is 35.3 Å². The van der Waals surface area contributed by atoms with Gasteiger partial charge in [0.05, 0.1) is 16.5 Å². The molecule has 1 aromatic carbocycles. The van der Waals surface area contributed by atoms with Crippen LogP contribution in [0.3, 0.4) is 0 Å². The van der Waals surface area contributed by atoms with Crippen molar-refractivity contribution in [2.24, 2.45) is 11.8 Å². The Morgan fingerprint density at radius 2 is 2.17 bits per heavy atom. The van der Waals surface area contributed by atoms with E-state index in [1.165, 1.54) is 0 Å². The van der Waals surface area contributed by atoms with Gasteiger partial charge in [-0.15, -0.1) is 0 Å². The van der Waals surface area contributed by atoms with E-state index in [1.54, 1.807) is 18.2 Å². The smallest absolute Gasteiger partial charge is 0.252 e. The maximum atomic E-state index is 12.2. The summed E-state index contributed by atoms with van der Waals surface area (Å²) in [6.45, 7) is 6.33. The molecule has 2 rings (SSSR count). The number of piperidine rings is 1. The quantitative estimate of drug-likeness (QED) is 0.773. The molecular formula is C17H24ClN3O2. The first-order valence-corrected chi connectivity index (χ1v) is 8.44. The summed E-state index contributed by atoms with van der Waals surface area (Å²) in [6, 6.07) is 4.98. The summed E-state index contributed by atoms with van der Waals surface area (Å²) in [4.78, 5) is 24.3. The summed E-state index contributed by atoms with van der Waals surface area (Å²) in [5.74, 6) is 0.153. The average molecular weight is 338 g/mol. The lowest BCUT2D eigenvalue weighted by Gasteiger charge is -2.22. The van der Waals surface area contributed by atoms with Gasteiger partial charge in [-0.2, -0.15) is 0 Å². The van der Waals surface area contributed by atoms with Crippen LogP contribution in [0.15, 0.2) is 18.2 Å². The Labute approximate surface area is 142 Å². The standard InChI is InChI=1S/C17H24ClN3O2/c1-11(2)9-20-17(23)14-6-5-13(8-15(14)18)21-16(22)12-4-3-7-19-10-12/h5-6,8,11-12,19H,3-4,7,9-10H2,1-2H3,(H,20,23)(H,21,22). The Bertz CT molecular complexity index is 569. The lowest BCUT2D eigenvalue weighted by Crippen LogP contribution is -2.37. The van der Waals surface area contributed by atoms with Crippen molar-refractivity contribution in [2.75, 3.05) is 25.0 Å². The second-order valence-corrected chi connectivity index (χ2v) is 6.74. The van der Waals surface area contributed by atoms with Gasteiger partial charge in [0.25, 0.3) is 5.91 Å². The van der Waals surface area contributed by atoms with E-state index in [2.05, 4.69) is 16.0 Å². The molecule has 0 aliphatic carbocycles. The number of rotatable bonds is 5. The van der Waals surface area contributed by atoms with Crippen molar-refractivity contribution < 1.29 is 9.59 Å². The summed E-state index contributed by atoms with van der Waals surface area (Å²) < 4.78 is 0. The molecule has 1 aliphatic rings. The molecule has 0 radical (unpaired) electrons. The highest BCUT2D eigenvalue weighted by atomic mass is 35.5. The number of hydrogen-bond donors (Lipinski definition) is 3. The Morgan fingerprint density at radius 1 is 1.39 bits per heavy atom. The third kappa shape index (κ3) is 5.22. The Kier molecular flexibility index (Phi) is 6.42. The summed E-state index contributed by atoms with van der Waals surface area (Å²) in [5.41, 5.74) is 1.04. The van der Waals surface area contributed by atoms with E-state index in [4.69, 9.17) is 11.6 Å². The van der Waals surface area contributed by atoms with Crippen LogP contribution < -0.4 is 16.0 Å². The van der Waals surface area contributed by atoms with Crippen LogP contribution in [0.5, 0.6) is 0 Å². The number of carbonyl (C=O) groups excluding carboxylic acids is 2. The zero-order chi connectivity index (χ0) is 16.8. The molecular weight excluding hydrogens is 314 g/mol. The van der Waals surface area contributed by atoms with Crippen molar-refractivity contribution in [1.29, 1.82) is 0 Å². The largest absolute Gasteiger partial charge is 0.352 e. The highest BCUT2D eigenvalue weighted by molar-refractivity contribution is 6.34. The number of halogens is 1. The first-order valence-electron chi connectivity index (χ1n) is 8.06. The summed E-state index contributed by atoms with van der Waals surface area (Å²) >= 11 is 6.18. The second kappa shape index (κ2) is 8.31. The molecule has 1 unspecified atom stereocenters. The van der Waals surface area contributed by atoms with Crippen LogP contribution >= 0.6 is 11.6 Å². The predicted molar refractivity (Wildman–Crippen MR) is 92.8 cm³/mol. The van der Waals surface area contributed by atoms with E-state index >= 15 is 0 Å². The molecule has 1 saturated heterocycles. The van der Waals surface area contributed by atoms with Crippen molar-refractivity contribution in [1.82, 2.24) is 10.6 Å². The van der Waals surface area contributed by atoms with Crippen molar-refractivity contribution >= 4 is 29.1 Å². The van der Waals surface area contributed by atoms with Crippen LogP contribution in [0.1, 0.15) is 37.0 Å². The van der Waals surface area contributed by atoms with Gasteiger partial charge in [0.2, 0.25) is 5.91 Å². The zero-order valence-electron chi connectivity index (χ0n) is 13.6. The van der Waals surface area contributed by atoms with Gasteiger partial charge < -0.3 is 16.0 Å². The molecule has 0 spiro atoms. The molecule has 6 heteroatoms. The minimum Gasteiger partial charge on any atom is -0.352 e. The topological polar surface area (TPSA) is 70.2 Å². The summed E-state index contributed by atoms with van der Waals surface area (Å²) in [5, 5.41) is 9.26. The number of amides is 2. The minimum absolute atomic E-state index is 0.00900. The third-order valence-electron chi connectivity index (χ3n) is 3.82. The normalized spacial score (nSPS) is 17.8. The van der Waals surface area contributed by atoms with Crippen LogP contribution in [-0.4, -0.2) is 31.4 Å². The number of nitrogens with one attached hydrogen (secondary N) is 3. The molecule has 0 saturated carbocycles. The maximum absolute atomic E-state index is 12.2. The van der Waals surface area contributed by atoms with Gasteiger partial charge in [0.15, 0.2) is 0 Å². The van der Waals surface area contributed by atoms with Crippen LogP contribution in [0.25, 0.3) is 0 Å². The van der Waals surface area contributed by atoms with Crippen molar-refractivity contribution in [3.8, 4) is 0 Å². The molecule has 0 aromatic heterocycles. The second-order valence-electron chi connectivity index (χ2n) is 6.33. The zero-order valence-corrected chi connectivity index (χ0v) is 14.4. The van der Waals surface area contributed by atoms with Crippen molar-refractivity contribution in [2.45, 2.75) is 26.7 Å². The van der Waals surface area contributed by atoms with Crippen LogP contribution in [0, 0.1) is 11.8 Å². The molecule has 1 fully saturated rings. The van der Waals surface area contributed by atoms with Gasteiger partial charge in [0.1, 0.15) is 0 Å². The average Bonchev–Trinajstić information content (AvgIpc) is 2.53. The molecule has 2 amide bonds. The fourth-order valence-corrected chi connectivity index (χ4v) is 2.76. The number of anilines is 1. The minimum atomic E-state index is -0.196. The molecule has 23 heavy (non-hydrogen) atoms. The first-order chi connectivity index (χ1) is 11.0. The van der Waals surface area contributed by atoms with Crippen LogP contribution in [-0.2, 0) is 4.79 Å². The number of hydrogen-bond acceptors (Lipinski definition) is 3. The van der Waals surface area contributed by atoms with E-state index in [0.717, 1.165) is 19.4 Å². The van der Waals surface area contributed by atoms with Gasteiger partial charge in [-0.25, -0.2) is 0 Å². The number of carbonyl (C=O) groups is 2. The highest BCUT2D eigenvalue weighted by Gasteiger charge is 2.21. The van der Waals surface area contributed by atoms with Gasteiger partial charge in [0, 0.05) is 18.8 Å². The fraction of sp³-hybridized carbons (Fsp3) is 0.529. The Hall–Kier alpha value is -1.59. The van der Waals surface area contributed by atoms with Gasteiger partial charge in [-0.3, -0.25) is 9.59 Å². The highest BCUT2D eigenvalue weighted by Crippen LogP contribution is 2.22. The van der Waals surface area contributed by atoms with E-state index in [-0.39, 0.29) is 17.7 Å². The van der Waals surface area contributed by atoms with Crippen LogP contribution in [0.2, 0.25) is 5.02 Å². The Morgan fingerprint density at radius 3 is 2.78 bits per heavy atom. The lowest BCUT2D eigenvalue weighted by molar-refractivity contribution is -0.120. The summed E-state index contributed by atoms with van der Waals surface area (Å²) in [7, 11) is 0. The van der Waals surface area contributed by atoms with Gasteiger partial charge in [-0.05, 0) is 43.5 Å². The third-order valence-corrected chi connectivity index (χ3v) is 4.13. The number of benzene rings is 1. The predicted octanol–water partition coefficient (Wildman–Crippen LogP) is 2.66. The molecule has 1 atom stereocenters. The molecule has 1 aromatic rings. The van der Waals surface area contributed by atoms with Crippen molar-refractivity contribution in [3.05, 3.63) is 28.8 Å². The molecule has 1 heterocycles. The first kappa shape index (κ1) is 17.8. The summed E-state index contributed by atoms with van der Waals surface area (Å²) in [6.07, 6.45) is 1.90. The SMILES string of the molecule is CC(C)CNC(=O)c1ccc(NC(=O)C2CCCNC2)cc1Cl. The van der Waals surface area contributed by atoms with Crippen molar-refractivity contribution in [3.63, 3.8) is 0 Å². The molecule has 126 valence electrons. The lowest BCUT2D eigenvalue weighted by atomic mass is 9.99. The molecule has 0 bridgehead atoms.